The van der Waals surface area contributed by atoms with Crippen molar-refractivity contribution in [2.45, 2.75) is 38.0 Å². The minimum atomic E-state index is 0.529. The molecule has 0 aliphatic heterocycles. The molecule has 6 aromatic rings. The van der Waals surface area contributed by atoms with Gasteiger partial charge in [-0.2, -0.15) is 0 Å². The number of hydrogen-bond donors (Lipinski definition) is 0. The van der Waals surface area contributed by atoms with Crippen molar-refractivity contribution in [2.24, 2.45) is 0 Å². The summed E-state index contributed by atoms with van der Waals surface area (Å²) in [7, 11) is 12.4. The Morgan fingerprint density at radius 2 is 1.07 bits per heavy atom. The maximum atomic E-state index is 2.37. The Kier molecular flexibility index (Phi) is 12.6. The van der Waals surface area contributed by atoms with Gasteiger partial charge in [-0.15, -0.1) is 0 Å². The summed E-state index contributed by atoms with van der Waals surface area (Å²) < 4.78 is 0. The van der Waals surface area contributed by atoms with E-state index in [1.165, 1.54) is 84.7 Å². The van der Waals surface area contributed by atoms with Crippen LogP contribution in [0.15, 0.2) is 158 Å². The summed E-state index contributed by atoms with van der Waals surface area (Å²) in [5, 5.41) is 0. The Hall–Kier alpha value is -6.06. The molecular formula is C54H57N3. The summed E-state index contributed by atoms with van der Waals surface area (Å²) in [6.45, 7) is 0. The molecule has 0 spiro atoms. The second-order valence-electron chi connectivity index (χ2n) is 16.0. The predicted octanol–water partition coefficient (Wildman–Crippen LogP) is 12.3. The first-order chi connectivity index (χ1) is 27.7. The lowest BCUT2D eigenvalue weighted by molar-refractivity contribution is 0.850. The normalized spacial score (nSPS) is 15.0. The summed E-state index contributed by atoms with van der Waals surface area (Å²) in [4.78, 5) is 6.39. The molecule has 288 valence electrons. The average Bonchev–Trinajstić information content (AvgIpc) is 3.96. The largest absolute Gasteiger partial charge is 0.378 e. The van der Waals surface area contributed by atoms with Gasteiger partial charge in [-0.1, -0.05) is 133 Å². The quantitative estimate of drug-likeness (QED) is 0.153. The van der Waals surface area contributed by atoms with Crippen LogP contribution in [-0.2, 0) is 25.7 Å². The van der Waals surface area contributed by atoms with Crippen molar-refractivity contribution in [3.05, 3.63) is 208 Å². The molecular weight excluding hydrogens is 691 g/mol. The van der Waals surface area contributed by atoms with Crippen LogP contribution in [0.3, 0.4) is 0 Å². The van der Waals surface area contributed by atoms with E-state index in [2.05, 4.69) is 227 Å². The Balaban J connectivity index is 0.000000131. The van der Waals surface area contributed by atoms with Crippen molar-refractivity contribution in [3.63, 3.8) is 0 Å². The van der Waals surface area contributed by atoms with Crippen LogP contribution in [0.1, 0.15) is 62.4 Å². The molecule has 6 aromatic carbocycles. The fourth-order valence-electron chi connectivity index (χ4n) is 8.02. The minimum absolute atomic E-state index is 0.529. The van der Waals surface area contributed by atoms with E-state index in [0.29, 0.717) is 5.92 Å². The minimum Gasteiger partial charge on any atom is -0.378 e. The lowest BCUT2D eigenvalue weighted by Gasteiger charge is -2.14. The number of nitrogens with zero attached hydrogens (tertiary/aromatic N) is 3. The maximum Gasteiger partial charge on any atom is 0.0361 e. The van der Waals surface area contributed by atoms with Crippen LogP contribution in [0.2, 0.25) is 0 Å². The molecule has 3 heteroatoms. The molecule has 0 fully saturated rings. The first-order valence-corrected chi connectivity index (χ1v) is 20.3. The molecule has 9 rings (SSSR count). The van der Waals surface area contributed by atoms with Crippen LogP contribution >= 0.6 is 0 Å². The Morgan fingerprint density at radius 3 is 1.72 bits per heavy atom. The van der Waals surface area contributed by atoms with Gasteiger partial charge in [0.05, 0.1) is 0 Å². The van der Waals surface area contributed by atoms with Gasteiger partial charge in [0.25, 0.3) is 0 Å². The van der Waals surface area contributed by atoms with Gasteiger partial charge in [0, 0.05) is 65.3 Å². The molecule has 0 N–H and O–H groups in total. The van der Waals surface area contributed by atoms with Crippen molar-refractivity contribution < 1.29 is 0 Å². The van der Waals surface area contributed by atoms with Crippen LogP contribution in [-0.4, -0.2) is 42.3 Å². The van der Waals surface area contributed by atoms with Gasteiger partial charge >= 0.3 is 0 Å². The number of anilines is 3. The summed E-state index contributed by atoms with van der Waals surface area (Å²) in [5.41, 5.74) is 19.4. The third kappa shape index (κ3) is 9.85. The van der Waals surface area contributed by atoms with E-state index in [9.17, 15) is 0 Å². The molecule has 0 amide bonds. The molecule has 0 saturated carbocycles. The summed E-state index contributed by atoms with van der Waals surface area (Å²) >= 11 is 0. The van der Waals surface area contributed by atoms with Crippen LogP contribution in [0.25, 0.3) is 23.3 Å². The lowest BCUT2D eigenvalue weighted by atomic mass is 9.94. The van der Waals surface area contributed by atoms with E-state index in [-0.39, 0.29) is 0 Å². The molecule has 0 saturated heterocycles. The SMILES string of the molecule is CN(C)c1ccc(C=C2CCc3ccccc32)cc1.CN(C)c1ccc(CC2=CCc3ccccc32)cc1.CN(C)c1ccc(CC2C=Cc3ccccc32)cc1. The van der Waals surface area contributed by atoms with E-state index in [1.807, 2.05) is 0 Å². The predicted molar refractivity (Wildman–Crippen MR) is 249 cm³/mol. The van der Waals surface area contributed by atoms with Crippen LogP contribution in [0.5, 0.6) is 0 Å². The summed E-state index contributed by atoms with van der Waals surface area (Å²) in [6, 6.07) is 52.6. The van der Waals surface area contributed by atoms with Crippen molar-refractivity contribution in [3.8, 4) is 0 Å². The van der Waals surface area contributed by atoms with Crippen molar-refractivity contribution in [1.29, 1.82) is 0 Å². The van der Waals surface area contributed by atoms with Crippen LogP contribution < -0.4 is 14.7 Å². The third-order valence-corrected chi connectivity index (χ3v) is 11.4. The number of benzene rings is 6. The maximum absolute atomic E-state index is 2.37. The highest BCUT2D eigenvalue weighted by Gasteiger charge is 2.18. The Bertz CT molecular complexity index is 2340. The standard InChI is InChI=1S/3C18H19N/c3*1-19(2)17-11-7-14(8-12-17)13-16-10-9-15-5-3-4-6-18(15)16/h3-8,11-13H,9-10H2,1-2H3;3-8,10-12H,9,13H2,1-2H3;3-12,16H,13H2,1-2H3. The molecule has 1 atom stereocenters. The van der Waals surface area contributed by atoms with E-state index in [0.717, 1.165) is 25.7 Å². The molecule has 0 heterocycles. The molecule has 57 heavy (non-hydrogen) atoms. The van der Waals surface area contributed by atoms with Gasteiger partial charge in [0.1, 0.15) is 0 Å². The number of fused-ring (bicyclic) bond motifs is 3. The van der Waals surface area contributed by atoms with Gasteiger partial charge in [0.2, 0.25) is 0 Å². The zero-order valence-electron chi connectivity index (χ0n) is 34.6. The van der Waals surface area contributed by atoms with Crippen molar-refractivity contribution in [1.82, 2.24) is 0 Å². The van der Waals surface area contributed by atoms with E-state index in [1.54, 1.807) is 0 Å². The van der Waals surface area contributed by atoms with E-state index < -0.39 is 0 Å². The van der Waals surface area contributed by atoms with Crippen LogP contribution in [0.4, 0.5) is 17.1 Å². The number of aryl methyl sites for hydroxylation is 1. The monoisotopic (exact) mass is 747 g/mol. The first-order valence-electron chi connectivity index (χ1n) is 20.3. The molecule has 0 radical (unpaired) electrons. The van der Waals surface area contributed by atoms with E-state index in [4.69, 9.17) is 0 Å². The molecule has 0 bridgehead atoms. The zero-order chi connectivity index (χ0) is 39.7. The second-order valence-corrected chi connectivity index (χ2v) is 16.0. The number of hydrogen-bond acceptors (Lipinski definition) is 3. The fourth-order valence-corrected chi connectivity index (χ4v) is 8.02. The highest BCUT2D eigenvalue weighted by molar-refractivity contribution is 5.85. The molecule has 1 unspecified atom stereocenters. The first kappa shape index (κ1) is 39.2. The molecule has 3 aliphatic rings. The van der Waals surface area contributed by atoms with Gasteiger partial charge in [0.15, 0.2) is 0 Å². The molecule has 3 nitrogen and oxygen atoms in total. The highest BCUT2D eigenvalue weighted by atomic mass is 15.1. The smallest absolute Gasteiger partial charge is 0.0361 e. The Labute approximate surface area is 341 Å². The van der Waals surface area contributed by atoms with Gasteiger partial charge in [-0.25, -0.2) is 0 Å². The van der Waals surface area contributed by atoms with Gasteiger partial charge in [-0.3, -0.25) is 0 Å². The fraction of sp³-hybridized carbons (Fsp3) is 0.222. The lowest BCUT2D eigenvalue weighted by Crippen LogP contribution is -2.08. The summed E-state index contributed by atoms with van der Waals surface area (Å²) in [6.07, 6.45) is 14.8. The Morgan fingerprint density at radius 1 is 0.526 bits per heavy atom. The second kappa shape index (κ2) is 18.3. The number of rotatable bonds is 8. The third-order valence-electron chi connectivity index (χ3n) is 11.4. The topological polar surface area (TPSA) is 9.72 Å². The average molecular weight is 748 g/mol. The van der Waals surface area contributed by atoms with Crippen LogP contribution in [0, 0.1) is 0 Å². The van der Waals surface area contributed by atoms with Crippen molar-refractivity contribution >= 4 is 40.4 Å². The summed E-state index contributed by atoms with van der Waals surface area (Å²) in [5.74, 6) is 0.529. The van der Waals surface area contributed by atoms with E-state index >= 15 is 0 Å². The number of allylic oxidation sites excluding steroid dienone is 4. The van der Waals surface area contributed by atoms with Gasteiger partial charge in [-0.05, 0) is 130 Å². The zero-order valence-corrected chi connectivity index (χ0v) is 34.6. The highest BCUT2D eigenvalue weighted by Crippen LogP contribution is 2.35. The molecule has 0 aromatic heterocycles. The van der Waals surface area contributed by atoms with Crippen molar-refractivity contribution in [2.75, 3.05) is 57.0 Å². The molecule has 3 aliphatic carbocycles. The van der Waals surface area contributed by atoms with Gasteiger partial charge < -0.3 is 14.7 Å².